The number of benzene rings is 1. The van der Waals surface area contributed by atoms with Gasteiger partial charge in [0, 0.05) is 37.8 Å². The molecular weight excluding hydrogens is 378 g/mol. The van der Waals surface area contributed by atoms with Gasteiger partial charge in [-0.15, -0.1) is 0 Å². The fourth-order valence-electron chi connectivity index (χ4n) is 4.22. The van der Waals surface area contributed by atoms with Crippen molar-refractivity contribution < 1.29 is 14.3 Å². The Kier molecular flexibility index (Phi) is 6.13. The minimum atomic E-state index is -1.05. The first-order valence-corrected chi connectivity index (χ1v) is 10.8. The summed E-state index contributed by atoms with van der Waals surface area (Å²) in [4.78, 5) is 31.8. The zero-order chi connectivity index (χ0) is 21.0. The molecule has 1 unspecified atom stereocenters. The molecule has 0 spiro atoms. The Hall–Kier alpha value is -2.73. The minimum Gasteiger partial charge on any atom is -0.361 e. The van der Waals surface area contributed by atoms with Crippen LogP contribution < -0.4 is 5.32 Å². The Morgan fingerprint density at radius 1 is 1.13 bits per heavy atom. The van der Waals surface area contributed by atoms with Crippen molar-refractivity contribution in [3.05, 3.63) is 54.4 Å². The Morgan fingerprint density at radius 3 is 2.47 bits per heavy atom. The molecule has 30 heavy (non-hydrogen) atoms. The maximum absolute atomic E-state index is 13.1. The van der Waals surface area contributed by atoms with Gasteiger partial charge in [0.25, 0.3) is 5.91 Å². The van der Waals surface area contributed by atoms with Gasteiger partial charge in [0.2, 0.25) is 5.91 Å². The highest BCUT2D eigenvalue weighted by Crippen LogP contribution is 2.31. The fraction of sp³-hybridized carbons (Fsp3) is 0.458. The summed E-state index contributed by atoms with van der Waals surface area (Å²) in [6.45, 7) is 3.67. The van der Waals surface area contributed by atoms with Gasteiger partial charge in [0.05, 0.1) is 13.2 Å². The van der Waals surface area contributed by atoms with Crippen molar-refractivity contribution in [3.8, 4) is 11.1 Å². The van der Waals surface area contributed by atoms with Gasteiger partial charge in [-0.1, -0.05) is 30.7 Å². The SMILES string of the molecule is CCNC(=O)C1(Cc2ccc(-c3ccncc3)cc2)CN(C(=O)C2CCC2)CCO1. The highest BCUT2D eigenvalue weighted by Gasteiger charge is 2.46. The Balaban J connectivity index is 1.54. The number of likely N-dealkylation sites (N-methyl/N-ethyl adjacent to an activating group) is 1. The van der Waals surface area contributed by atoms with Crippen molar-refractivity contribution in [3.63, 3.8) is 0 Å². The second-order valence-corrected chi connectivity index (χ2v) is 8.20. The summed E-state index contributed by atoms with van der Waals surface area (Å²) < 4.78 is 6.10. The number of aromatic nitrogens is 1. The number of morpholine rings is 1. The van der Waals surface area contributed by atoms with E-state index in [1.165, 1.54) is 0 Å². The number of hydrogen-bond donors (Lipinski definition) is 1. The molecule has 2 aliphatic rings. The van der Waals surface area contributed by atoms with Crippen LogP contribution in [0.25, 0.3) is 11.1 Å². The number of amides is 2. The Labute approximate surface area is 177 Å². The lowest BCUT2D eigenvalue weighted by Crippen LogP contribution is -2.62. The standard InChI is InChI=1S/C24H29N3O3/c1-2-26-23(29)24(17-27(14-15-30-24)22(28)21-4-3-5-21)16-18-6-8-19(9-7-18)20-10-12-25-13-11-20/h6-13,21H,2-5,14-17H2,1H3,(H,26,29). The van der Waals surface area contributed by atoms with Crippen molar-refractivity contribution in [1.82, 2.24) is 15.2 Å². The van der Waals surface area contributed by atoms with Crippen LogP contribution in [0.3, 0.4) is 0 Å². The van der Waals surface area contributed by atoms with E-state index in [-0.39, 0.29) is 17.7 Å². The summed E-state index contributed by atoms with van der Waals surface area (Å²) >= 11 is 0. The number of ether oxygens (including phenoxy) is 1. The summed E-state index contributed by atoms with van der Waals surface area (Å²) in [6.07, 6.45) is 7.02. The Bertz CT molecular complexity index is 880. The van der Waals surface area contributed by atoms with Crippen molar-refractivity contribution in [2.24, 2.45) is 5.92 Å². The number of nitrogens with one attached hydrogen (secondary N) is 1. The molecule has 1 N–H and O–H groups in total. The highest BCUT2D eigenvalue weighted by atomic mass is 16.5. The second-order valence-electron chi connectivity index (χ2n) is 8.20. The molecule has 1 aliphatic carbocycles. The molecule has 0 bridgehead atoms. The van der Waals surface area contributed by atoms with E-state index < -0.39 is 5.60 Å². The van der Waals surface area contributed by atoms with Gasteiger partial charge in [0.1, 0.15) is 0 Å². The van der Waals surface area contributed by atoms with Crippen molar-refractivity contribution >= 4 is 11.8 Å². The third-order valence-electron chi connectivity index (χ3n) is 6.16. The molecule has 6 heteroatoms. The predicted molar refractivity (Wildman–Crippen MR) is 115 cm³/mol. The summed E-state index contributed by atoms with van der Waals surface area (Å²) in [5, 5.41) is 2.92. The van der Waals surface area contributed by atoms with E-state index in [1.807, 2.05) is 36.1 Å². The zero-order valence-electron chi connectivity index (χ0n) is 17.5. The third kappa shape index (κ3) is 4.24. The summed E-state index contributed by atoms with van der Waals surface area (Å²) in [5.41, 5.74) is 2.16. The number of pyridine rings is 1. The van der Waals surface area contributed by atoms with E-state index >= 15 is 0 Å². The van der Waals surface area contributed by atoms with E-state index in [4.69, 9.17) is 4.74 Å². The predicted octanol–water partition coefficient (Wildman–Crippen LogP) is 2.82. The fourth-order valence-corrected chi connectivity index (χ4v) is 4.22. The van der Waals surface area contributed by atoms with E-state index in [9.17, 15) is 9.59 Å². The van der Waals surface area contributed by atoms with Gasteiger partial charge < -0.3 is 15.0 Å². The van der Waals surface area contributed by atoms with Crippen LogP contribution in [0, 0.1) is 5.92 Å². The monoisotopic (exact) mass is 407 g/mol. The van der Waals surface area contributed by atoms with Gasteiger partial charge in [-0.25, -0.2) is 0 Å². The highest BCUT2D eigenvalue weighted by molar-refractivity contribution is 5.88. The van der Waals surface area contributed by atoms with E-state index in [1.54, 1.807) is 12.4 Å². The van der Waals surface area contributed by atoms with Crippen molar-refractivity contribution in [2.45, 2.75) is 38.2 Å². The first kappa shape index (κ1) is 20.5. The molecule has 1 saturated heterocycles. The minimum absolute atomic E-state index is 0.120. The molecule has 2 amide bonds. The van der Waals surface area contributed by atoms with Gasteiger partial charge in [-0.05, 0) is 48.6 Å². The molecule has 2 aromatic rings. The molecule has 2 heterocycles. The molecule has 6 nitrogen and oxygen atoms in total. The molecule has 1 aromatic carbocycles. The summed E-state index contributed by atoms with van der Waals surface area (Å²) in [5.74, 6) is 0.148. The zero-order valence-corrected chi connectivity index (χ0v) is 17.5. The summed E-state index contributed by atoms with van der Waals surface area (Å²) in [6, 6.07) is 12.1. The van der Waals surface area contributed by atoms with Crippen LogP contribution >= 0.6 is 0 Å². The van der Waals surface area contributed by atoms with Gasteiger partial charge in [-0.2, -0.15) is 0 Å². The molecule has 0 radical (unpaired) electrons. The van der Waals surface area contributed by atoms with Crippen LogP contribution in [0.1, 0.15) is 31.7 Å². The van der Waals surface area contributed by atoms with Crippen LogP contribution in [0.4, 0.5) is 0 Å². The Morgan fingerprint density at radius 2 is 1.83 bits per heavy atom. The maximum Gasteiger partial charge on any atom is 0.254 e. The quantitative estimate of drug-likeness (QED) is 0.799. The second kappa shape index (κ2) is 8.96. The van der Waals surface area contributed by atoms with Gasteiger partial charge >= 0.3 is 0 Å². The molecular formula is C24H29N3O3. The maximum atomic E-state index is 13.1. The number of rotatable bonds is 6. The molecule has 2 fully saturated rings. The number of carbonyl (C=O) groups is 2. The molecule has 1 atom stereocenters. The van der Waals surface area contributed by atoms with Crippen LogP contribution in [0.15, 0.2) is 48.8 Å². The number of nitrogens with zero attached hydrogens (tertiary/aromatic N) is 2. The normalized spacial score (nSPS) is 21.7. The average molecular weight is 408 g/mol. The molecule has 1 aromatic heterocycles. The molecule has 1 saturated carbocycles. The molecule has 1 aliphatic heterocycles. The molecule has 158 valence electrons. The lowest BCUT2D eigenvalue weighted by molar-refractivity contribution is -0.168. The van der Waals surface area contributed by atoms with Crippen molar-refractivity contribution in [1.29, 1.82) is 0 Å². The lowest BCUT2D eigenvalue weighted by atomic mass is 9.83. The number of hydrogen-bond acceptors (Lipinski definition) is 4. The van der Waals surface area contributed by atoms with E-state index in [2.05, 4.69) is 22.4 Å². The summed E-state index contributed by atoms with van der Waals surface area (Å²) in [7, 11) is 0. The first-order valence-electron chi connectivity index (χ1n) is 10.8. The number of carbonyl (C=O) groups excluding carboxylic acids is 2. The largest absolute Gasteiger partial charge is 0.361 e. The van der Waals surface area contributed by atoms with E-state index in [0.717, 1.165) is 36.0 Å². The van der Waals surface area contributed by atoms with Crippen LogP contribution in [0.2, 0.25) is 0 Å². The lowest BCUT2D eigenvalue weighted by Gasteiger charge is -2.43. The average Bonchev–Trinajstić information content (AvgIpc) is 2.74. The van der Waals surface area contributed by atoms with Gasteiger partial charge in [0.15, 0.2) is 5.60 Å². The first-order chi connectivity index (χ1) is 14.6. The smallest absolute Gasteiger partial charge is 0.254 e. The van der Waals surface area contributed by atoms with Gasteiger partial charge in [-0.3, -0.25) is 14.6 Å². The van der Waals surface area contributed by atoms with Crippen molar-refractivity contribution in [2.75, 3.05) is 26.2 Å². The van der Waals surface area contributed by atoms with Crippen LogP contribution in [0.5, 0.6) is 0 Å². The topological polar surface area (TPSA) is 71.5 Å². The van der Waals surface area contributed by atoms with E-state index in [0.29, 0.717) is 32.7 Å². The van der Waals surface area contributed by atoms with Crippen LogP contribution in [-0.4, -0.2) is 53.5 Å². The third-order valence-corrected chi connectivity index (χ3v) is 6.16. The molecule has 4 rings (SSSR count). The van der Waals surface area contributed by atoms with Crippen LogP contribution in [-0.2, 0) is 20.7 Å².